The van der Waals surface area contributed by atoms with Gasteiger partial charge in [0.05, 0.1) is 6.21 Å². The quantitative estimate of drug-likeness (QED) is 0.687. The Labute approximate surface area is 90.8 Å². The van der Waals surface area contributed by atoms with Crippen molar-refractivity contribution in [2.24, 2.45) is 4.99 Å². The number of hydrogen-bond donors (Lipinski definition) is 2. The summed E-state index contributed by atoms with van der Waals surface area (Å²) in [6.07, 6.45) is 6.93. The molecule has 0 aromatic heterocycles. The molecule has 0 aliphatic carbocycles. The van der Waals surface area contributed by atoms with Crippen molar-refractivity contribution >= 4 is 6.21 Å². The number of nitrogens with zero attached hydrogens (tertiary/aromatic N) is 1. The Hall–Kier alpha value is -1.19. The van der Waals surface area contributed by atoms with Crippen LogP contribution in [0.3, 0.4) is 0 Å². The number of nitrogens with one attached hydrogen (secondary N) is 2. The van der Waals surface area contributed by atoms with Gasteiger partial charge in [0.25, 0.3) is 0 Å². The lowest BCUT2D eigenvalue weighted by Crippen LogP contribution is -2.40. The molecule has 0 aromatic rings. The zero-order chi connectivity index (χ0) is 10.5. The molecule has 2 aliphatic heterocycles. The second-order valence-electron chi connectivity index (χ2n) is 3.95. The van der Waals surface area contributed by atoms with Gasteiger partial charge in [-0.25, -0.2) is 0 Å². The predicted molar refractivity (Wildman–Crippen MR) is 60.5 cm³/mol. The molecule has 4 heteroatoms. The highest BCUT2D eigenvalue weighted by Gasteiger charge is 2.19. The van der Waals surface area contributed by atoms with Crippen LogP contribution < -0.4 is 10.6 Å². The van der Waals surface area contributed by atoms with Crippen LogP contribution in [0.1, 0.15) is 32.6 Å². The van der Waals surface area contributed by atoms with Gasteiger partial charge in [-0.3, -0.25) is 4.99 Å². The zero-order valence-corrected chi connectivity index (χ0v) is 9.25. The van der Waals surface area contributed by atoms with Gasteiger partial charge in [0, 0.05) is 6.54 Å². The number of ether oxygens (including phenoxy) is 1. The van der Waals surface area contributed by atoms with E-state index in [1.807, 2.05) is 6.21 Å². The first kappa shape index (κ1) is 10.3. The van der Waals surface area contributed by atoms with Gasteiger partial charge in [-0.15, -0.1) is 0 Å². The molecule has 0 saturated carbocycles. The van der Waals surface area contributed by atoms with Crippen molar-refractivity contribution in [2.45, 2.75) is 38.8 Å². The smallest absolute Gasteiger partial charge is 0.214 e. The van der Waals surface area contributed by atoms with Crippen LogP contribution in [0.2, 0.25) is 0 Å². The Balaban J connectivity index is 1.83. The molecule has 2 rings (SSSR count). The van der Waals surface area contributed by atoms with Crippen LogP contribution in [0.5, 0.6) is 0 Å². The number of unbranched alkanes of at least 4 members (excludes halogenated alkanes) is 2. The standard InChI is InChI=1S/C11H19N3O/c1-2-3-4-5-10-13-8-9-11(14-10)15-7-6-12-9/h8,10,12,14H,2-7H2,1H3. The third-order valence-corrected chi connectivity index (χ3v) is 2.67. The van der Waals surface area contributed by atoms with Crippen molar-refractivity contribution in [1.29, 1.82) is 0 Å². The summed E-state index contributed by atoms with van der Waals surface area (Å²) < 4.78 is 5.53. The molecule has 0 aromatic carbocycles. The fourth-order valence-corrected chi connectivity index (χ4v) is 1.81. The van der Waals surface area contributed by atoms with Crippen molar-refractivity contribution < 1.29 is 4.74 Å². The topological polar surface area (TPSA) is 45.7 Å². The fraction of sp³-hybridized carbons (Fsp3) is 0.727. The summed E-state index contributed by atoms with van der Waals surface area (Å²) in [4.78, 5) is 4.45. The Bertz CT molecular complexity index is 273. The minimum atomic E-state index is 0.204. The fourth-order valence-electron chi connectivity index (χ4n) is 1.81. The molecular formula is C11H19N3O. The SMILES string of the molecule is CCCCCC1N=CC2=C(N1)OCCN2. The van der Waals surface area contributed by atoms with Gasteiger partial charge in [0.1, 0.15) is 18.5 Å². The molecule has 0 fully saturated rings. The maximum Gasteiger partial charge on any atom is 0.214 e. The Kier molecular flexibility index (Phi) is 3.48. The molecule has 0 radical (unpaired) electrons. The highest BCUT2D eigenvalue weighted by molar-refractivity contribution is 5.79. The lowest BCUT2D eigenvalue weighted by Gasteiger charge is -2.28. The molecule has 2 N–H and O–H groups in total. The summed E-state index contributed by atoms with van der Waals surface area (Å²) in [5.74, 6) is 0.873. The minimum absolute atomic E-state index is 0.204. The van der Waals surface area contributed by atoms with Gasteiger partial charge >= 0.3 is 0 Å². The predicted octanol–water partition coefficient (Wildman–Crippen LogP) is 1.36. The van der Waals surface area contributed by atoms with Crippen LogP contribution in [0.15, 0.2) is 16.6 Å². The second kappa shape index (κ2) is 5.05. The molecule has 0 spiro atoms. The van der Waals surface area contributed by atoms with Crippen molar-refractivity contribution in [2.75, 3.05) is 13.2 Å². The normalized spacial score (nSPS) is 23.9. The average molecular weight is 209 g/mol. The minimum Gasteiger partial charge on any atom is -0.476 e. The van der Waals surface area contributed by atoms with E-state index in [4.69, 9.17) is 4.74 Å². The third kappa shape index (κ3) is 2.64. The number of rotatable bonds is 4. The van der Waals surface area contributed by atoms with E-state index >= 15 is 0 Å². The Morgan fingerprint density at radius 2 is 2.47 bits per heavy atom. The van der Waals surface area contributed by atoms with Gasteiger partial charge < -0.3 is 15.4 Å². The second-order valence-corrected chi connectivity index (χ2v) is 3.95. The van der Waals surface area contributed by atoms with Crippen molar-refractivity contribution in [3.63, 3.8) is 0 Å². The molecule has 1 atom stereocenters. The molecule has 0 amide bonds. The van der Waals surface area contributed by atoms with Crippen molar-refractivity contribution in [1.82, 2.24) is 10.6 Å². The van der Waals surface area contributed by atoms with Crippen LogP contribution in [0.4, 0.5) is 0 Å². The van der Waals surface area contributed by atoms with Gasteiger partial charge in [0.15, 0.2) is 0 Å². The molecule has 15 heavy (non-hydrogen) atoms. The molecule has 4 nitrogen and oxygen atoms in total. The van der Waals surface area contributed by atoms with Crippen molar-refractivity contribution in [3.05, 3.63) is 11.6 Å². The van der Waals surface area contributed by atoms with E-state index in [2.05, 4.69) is 22.5 Å². The van der Waals surface area contributed by atoms with Crippen LogP contribution in [-0.2, 0) is 4.74 Å². The highest BCUT2D eigenvalue weighted by atomic mass is 16.5. The molecule has 2 heterocycles. The molecule has 0 saturated heterocycles. The van der Waals surface area contributed by atoms with Gasteiger partial charge in [-0.2, -0.15) is 0 Å². The first-order chi connectivity index (χ1) is 7.40. The van der Waals surface area contributed by atoms with Crippen molar-refractivity contribution in [3.8, 4) is 0 Å². The van der Waals surface area contributed by atoms with Crippen LogP contribution in [0, 0.1) is 0 Å². The summed E-state index contributed by atoms with van der Waals surface area (Å²) in [5.41, 5.74) is 0.994. The Morgan fingerprint density at radius 3 is 3.33 bits per heavy atom. The van der Waals surface area contributed by atoms with Gasteiger partial charge in [0.2, 0.25) is 5.88 Å². The highest BCUT2D eigenvalue weighted by Crippen LogP contribution is 2.13. The maximum absolute atomic E-state index is 5.53. The zero-order valence-electron chi connectivity index (χ0n) is 9.25. The van der Waals surface area contributed by atoms with E-state index in [1.165, 1.54) is 19.3 Å². The molecule has 1 unspecified atom stereocenters. The first-order valence-corrected chi connectivity index (χ1v) is 5.81. The van der Waals surface area contributed by atoms with Crippen LogP contribution in [0.25, 0.3) is 0 Å². The molecular weight excluding hydrogens is 190 g/mol. The van der Waals surface area contributed by atoms with Crippen LogP contribution >= 0.6 is 0 Å². The van der Waals surface area contributed by atoms with E-state index in [-0.39, 0.29) is 6.17 Å². The average Bonchev–Trinajstić information content (AvgIpc) is 2.29. The van der Waals surface area contributed by atoms with Gasteiger partial charge in [-0.05, 0) is 12.8 Å². The van der Waals surface area contributed by atoms with E-state index in [9.17, 15) is 0 Å². The third-order valence-electron chi connectivity index (χ3n) is 2.67. The summed E-state index contributed by atoms with van der Waals surface area (Å²) >= 11 is 0. The molecule has 0 bridgehead atoms. The maximum atomic E-state index is 5.53. The van der Waals surface area contributed by atoms with E-state index < -0.39 is 0 Å². The van der Waals surface area contributed by atoms with E-state index in [0.29, 0.717) is 0 Å². The van der Waals surface area contributed by atoms with E-state index in [0.717, 1.165) is 31.2 Å². The number of aliphatic imine (C=N–C) groups is 1. The largest absolute Gasteiger partial charge is 0.476 e. The number of hydrogen-bond acceptors (Lipinski definition) is 4. The summed E-state index contributed by atoms with van der Waals surface area (Å²) in [6, 6.07) is 0. The lowest BCUT2D eigenvalue weighted by molar-refractivity contribution is 0.163. The Morgan fingerprint density at radius 1 is 1.53 bits per heavy atom. The monoisotopic (exact) mass is 209 g/mol. The summed E-state index contributed by atoms with van der Waals surface area (Å²) in [5, 5.41) is 6.56. The number of allylic oxidation sites excluding steroid dienone is 1. The van der Waals surface area contributed by atoms with Gasteiger partial charge in [-0.1, -0.05) is 19.8 Å². The lowest BCUT2D eigenvalue weighted by atomic mass is 10.1. The summed E-state index contributed by atoms with van der Waals surface area (Å²) in [7, 11) is 0. The van der Waals surface area contributed by atoms with Crippen LogP contribution in [-0.4, -0.2) is 25.5 Å². The molecule has 84 valence electrons. The van der Waals surface area contributed by atoms with E-state index in [1.54, 1.807) is 0 Å². The molecule has 2 aliphatic rings. The summed E-state index contributed by atoms with van der Waals surface area (Å²) in [6.45, 7) is 3.82. The first-order valence-electron chi connectivity index (χ1n) is 5.81.